The van der Waals surface area contributed by atoms with Crippen LogP contribution in [0.2, 0.25) is 0 Å². The smallest absolute Gasteiger partial charge is 0.269 e. The van der Waals surface area contributed by atoms with E-state index >= 15 is 0 Å². The van der Waals surface area contributed by atoms with Crippen LogP contribution < -0.4 is 0 Å². The number of unbranched alkanes of at least 4 members (excludes halogenated alkanes) is 1. The largest absolute Gasteiger partial charge is 0.307 e. The number of rotatable bonds is 5. The maximum Gasteiger partial charge on any atom is 0.269 e. The molecule has 0 spiro atoms. The van der Waals surface area contributed by atoms with Gasteiger partial charge in [-0.2, -0.15) is 0 Å². The topological polar surface area (TPSA) is 86.7 Å². The summed E-state index contributed by atoms with van der Waals surface area (Å²) >= 11 is 0. The van der Waals surface area contributed by atoms with Gasteiger partial charge in [-0.25, -0.2) is 15.0 Å². The molecule has 0 N–H and O–H groups in total. The fourth-order valence-electron chi connectivity index (χ4n) is 2.98. The fraction of sp³-hybridized carbons (Fsp3) is 0.211. The van der Waals surface area contributed by atoms with Gasteiger partial charge in [0.25, 0.3) is 5.69 Å². The van der Waals surface area contributed by atoms with Crippen LogP contribution >= 0.6 is 0 Å². The van der Waals surface area contributed by atoms with Crippen LogP contribution in [0.25, 0.3) is 33.7 Å². The molecule has 0 aliphatic heterocycles. The second-order valence-corrected chi connectivity index (χ2v) is 6.10. The van der Waals surface area contributed by atoms with Crippen molar-refractivity contribution in [1.82, 2.24) is 19.5 Å². The molecule has 2 heterocycles. The number of non-ortho nitro benzene ring substituents is 1. The zero-order valence-electron chi connectivity index (χ0n) is 14.3. The van der Waals surface area contributed by atoms with E-state index in [1.807, 2.05) is 24.3 Å². The lowest BCUT2D eigenvalue weighted by Gasteiger charge is -2.08. The number of hydrogen-bond acceptors (Lipinski definition) is 5. The molecule has 4 aromatic rings. The average Bonchev–Trinajstić information content (AvgIpc) is 3.02. The van der Waals surface area contributed by atoms with Gasteiger partial charge < -0.3 is 4.57 Å². The van der Waals surface area contributed by atoms with E-state index in [9.17, 15) is 10.1 Å². The predicted molar refractivity (Wildman–Crippen MR) is 99.8 cm³/mol. The quantitative estimate of drug-likeness (QED) is 0.395. The Morgan fingerprint density at radius 1 is 1.00 bits per heavy atom. The van der Waals surface area contributed by atoms with Crippen LogP contribution in [0.5, 0.6) is 0 Å². The van der Waals surface area contributed by atoms with Crippen LogP contribution in [0, 0.1) is 10.1 Å². The number of nitro benzene ring substituents is 1. The lowest BCUT2D eigenvalue weighted by molar-refractivity contribution is -0.384. The number of fused-ring (bicyclic) bond motifs is 2. The highest BCUT2D eigenvalue weighted by Gasteiger charge is 2.16. The number of aromatic nitrogens is 4. The molecule has 2 aromatic heterocycles. The molecular weight excluding hydrogens is 330 g/mol. The molecule has 130 valence electrons. The summed E-state index contributed by atoms with van der Waals surface area (Å²) in [7, 11) is 0. The van der Waals surface area contributed by atoms with E-state index in [4.69, 9.17) is 4.98 Å². The summed E-state index contributed by atoms with van der Waals surface area (Å²) < 4.78 is 2.05. The van der Waals surface area contributed by atoms with Gasteiger partial charge in [0, 0.05) is 24.2 Å². The highest BCUT2D eigenvalue weighted by atomic mass is 16.6. The van der Waals surface area contributed by atoms with Gasteiger partial charge in [0.1, 0.15) is 5.82 Å². The van der Waals surface area contributed by atoms with Crippen molar-refractivity contribution in [3.63, 3.8) is 0 Å². The van der Waals surface area contributed by atoms with Crippen molar-refractivity contribution in [2.75, 3.05) is 0 Å². The Hall–Kier alpha value is -3.35. The molecule has 26 heavy (non-hydrogen) atoms. The van der Waals surface area contributed by atoms with Gasteiger partial charge in [-0.1, -0.05) is 25.5 Å². The van der Waals surface area contributed by atoms with E-state index in [1.165, 1.54) is 12.1 Å². The molecule has 0 aliphatic rings. The maximum absolute atomic E-state index is 10.9. The first kappa shape index (κ1) is 16.1. The average molecular weight is 347 g/mol. The second-order valence-electron chi connectivity index (χ2n) is 6.10. The van der Waals surface area contributed by atoms with Crippen molar-refractivity contribution in [3.8, 4) is 11.4 Å². The van der Waals surface area contributed by atoms with E-state index in [2.05, 4.69) is 21.5 Å². The lowest BCUT2D eigenvalue weighted by Crippen LogP contribution is -2.02. The first-order valence-electron chi connectivity index (χ1n) is 8.55. The molecule has 0 radical (unpaired) electrons. The molecule has 4 rings (SSSR count). The summed E-state index contributed by atoms with van der Waals surface area (Å²) in [5.74, 6) is 0.735. The van der Waals surface area contributed by atoms with Crippen molar-refractivity contribution >= 4 is 28.0 Å². The van der Waals surface area contributed by atoms with Gasteiger partial charge in [-0.15, -0.1) is 0 Å². The van der Waals surface area contributed by atoms with Crippen molar-refractivity contribution in [1.29, 1.82) is 0 Å². The molecule has 0 aliphatic carbocycles. The monoisotopic (exact) mass is 347 g/mol. The summed E-state index contributed by atoms with van der Waals surface area (Å²) in [6.45, 7) is 2.90. The highest BCUT2D eigenvalue weighted by Crippen LogP contribution is 2.26. The minimum Gasteiger partial charge on any atom is -0.307 e. The summed E-state index contributed by atoms with van der Waals surface area (Å²) in [6.07, 6.45) is 2.03. The third kappa shape index (κ3) is 2.77. The Kier molecular flexibility index (Phi) is 4.04. The number of imidazole rings is 1. The Labute approximate surface area is 149 Å². The molecule has 0 atom stereocenters. The van der Waals surface area contributed by atoms with Crippen molar-refractivity contribution in [2.24, 2.45) is 0 Å². The number of nitro groups is 1. The van der Waals surface area contributed by atoms with Crippen LogP contribution in [0.4, 0.5) is 5.69 Å². The third-order valence-electron chi connectivity index (χ3n) is 4.33. The van der Waals surface area contributed by atoms with Crippen LogP contribution in [-0.4, -0.2) is 24.4 Å². The number of nitrogens with zero attached hydrogens (tertiary/aromatic N) is 5. The van der Waals surface area contributed by atoms with Gasteiger partial charge in [-0.05, 0) is 30.7 Å². The maximum atomic E-state index is 10.9. The zero-order chi connectivity index (χ0) is 18.1. The Morgan fingerprint density at radius 2 is 1.69 bits per heavy atom. The molecule has 0 saturated heterocycles. The van der Waals surface area contributed by atoms with E-state index in [1.54, 1.807) is 12.1 Å². The first-order chi connectivity index (χ1) is 12.7. The van der Waals surface area contributed by atoms with Crippen molar-refractivity contribution in [3.05, 3.63) is 58.6 Å². The summed E-state index contributed by atoms with van der Waals surface area (Å²) in [5, 5.41) is 10.9. The predicted octanol–water partition coefficient (Wildman–Crippen LogP) is 4.35. The summed E-state index contributed by atoms with van der Waals surface area (Å²) in [6, 6.07) is 14.2. The molecule has 0 saturated carbocycles. The normalized spacial score (nSPS) is 11.3. The molecule has 7 heteroatoms. The van der Waals surface area contributed by atoms with Crippen molar-refractivity contribution in [2.45, 2.75) is 26.3 Å². The van der Waals surface area contributed by atoms with Gasteiger partial charge in [0.2, 0.25) is 0 Å². The molecule has 0 unspecified atom stereocenters. The standard InChI is InChI=1S/C19H17N5O2/c1-2-3-12-23-18(13-8-10-14(11-9-13)24(25)26)22-17-19(23)21-16-7-5-4-6-15(16)20-17/h4-11H,2-3,12H2,1H3. The number of aryl methyl sites for hydroxylation is 1. The molecular formula is C19H17N5O2. The van der Waals surface area contributed by atoms with Gasteiger partial charge in [0.15, 0.2) is 11.3 Å². The minimum absolute atomic E-state index is 0.0620. The molecule has 7 nitrogen and oxygen atoms in total. The zero-order valence-corrected chi connectivity index (χ0v) is 14.3. The van der Waals surface area contributed by atoms with Crippen LogP contribution in [-0.2, 0) is 6.54 Å². The first-order valence-corrected chi connectivity index (χ1v) is 8.55. The number of hydrogen-bond donors (Lipinski definition) is 0. The lowest BCUT2D eigenvalue weighted by atomic mass is 10.2. The highest BCUT2D eigenvalue weighted by molar-refractivity contribution is 5.84. The van der Waals surface area contributed by atoms with Gasteiger partial charge in [0.05, 0.1) is 16.0 Å². The minimum atomic E-state index is -0.403. The van der Waals surface area contributed by atoms with Crippen LogP contribution in [0.3, 0.4) is 0 Å². The molecule has 0 bridgehead atoms. The van der Waals surface area contributed by atoms with Gasteiger partial charge >= 0.3 is 0 Å². The van der Waals surface area contributed by atoms with E-state index in [-0.39, 0.29) is 5.69 Å². The molecule has 2 aromatic carbocycles. The van der Waals surface area contributed by atoms with E-state index in [0.717, 1.165) is 47.5 Å². The van der Waals surface area contributed by atoms with Crippen LogP contribution in [0.1, 0.15) is 19.8 Å². The number of para-hydroxylation sites is 2. The Bertz CT molecular complexity index is 1100. The van der Waals surface area contributed by atoms with Gasteiger partial charge in [-0.3, -0.25) is 10.1 Å². The Balaban J connectivity index is 1.91. The van der Waals surface area contributed by atoms with Crippen molar-refractivity contribution < 1.29 is 4.92 Å². The fourth-order valence-corrected chi connectivity index (χ4v) is 2.98. The summed E-state index contributed by atoms with van der Waals surface area (Å²) in [5.41, 5.74) is 3.84. The van der Waals surface area contributed by atoms with E-state index < -0.39 is 4.92 Å². The van der Waals surface area contributed by atoms with E-state index in [0.29, 0.717) is 5.65 Å². The molecule has 0 amide bonds. The third-order valence-corrected chi connectivity index (χ3v) is 4.33. The molecule has 0 fully saturated rings. The summed E-state index contributed by atoms with van der Waals surface area (Å²) in [4.78, 5) is 24.6. The second kappa shape index (κ2) is 6.51. The number of benzene rings is 2. The van der Waals surface area contributed by atoms with Crippen LogP contribution in [0.15, 0.2) is 48.5 Å². The SMILES string of the molecule is CCCCn1c(-c2ccc([N+](=O)[O-])cc2)nc2nc3ccccc3nc21. The Morgan fingerprint density at radius 3 is 2.35 bits per heavy atom.